The number of carbonyl (C=O) groups excluding carboxylic acids is 1. The largest absolute Gasteiger partial charge is 0.375 e. The number of anilines is 1. The molecule has 2 aromatic rings. The molecule has 3 N–H and O–H groups in total. The molecule has 0 aliphatic carbocycles. The maximum absolute atomic E-state index is 13.5. The Morgan fingerprint density at radius 1 is 1.42 bits per heavy atom. The van der Waals surface area contributed by atoms with Crippen molar-refractivity contribution in [2.24, 2.45) is 0 Å². The van der Waals surface area contributed by atoms with E-state index >= 15 is 0 Å². The van der Waals surface area contributed by atoms with Gasteiger partial charge in [0.15, 0.2) is 5.13 Å². The molecule has 0 bridgehead atoms. The SMILES string of the molecule is Cc1cc(CNC(=O)c2csc(N)n2)cc(C)c1F. The first-order chi connectivity index (χ1) is 8.97. The van der Waals surface area contributed by atoms with E-state index in [4.69, 9.17) is 5.73 Å². The highest BCUT2D eigenvalue weighted by molar-refractivity contribution is 7.13. The number of nitrogens with one attached hydrogen (secondary N) is 1. The average Bonchev–Trinajstić information content (AvgIpc) is 2.79. The minimum absolute atomic E-state index is 0.206. The summed E-state index contributed by atoms with van der Waals surface area (Å²) >= 11 is 1.22. The first-order valence-corrected chi connectivity index (χ1v) is 6.60. The number of nitrogens with zero attached hydrogens (tertiary/aromatic N) is 1. The van der Waals surface area contributed by atoms with Crippen LogP contribution < -0.4 is 11.1 Å². The second kappa shape index (κ2) is 5.36. The Balaban J connectivity index is 2.05. The molecule has 1 aromatic carbocycles. The van der Waals surface area contributed by atoms with Crippen molar-refractivity contribution in [2.45, 2.75) is 20.4 Å². The van der Waals surface area contributed by atoms with E-state index in [0.29, 0.717) is 28.5 Å². The van der Waals surface area contributed by atoms with Gasteiger partial charge in [-0.15, -0.1) is 11.3 Å². The predicted octanol–water partition coefficient (Wildman–Crippen LogP) is 2.41. The van der Waals surface area contributed by atoms with Gasteiger partial charge in [0.25, 0.3) is 5.91 Å². The summed E-state index contributed by atoms with van der Waals surface area (Å²) in [6.07, 6.45) is 0. The molecule has 4 nitrogen and oxygen atoms in total. The van der Waals surface area contributed by atoms with E-state index < -0.39 is 0 Å². The van der Waals surface area contributed by atoms with E-state index in [1.807, 2.05) is 0 Å². The summed E-state index contributed by atoms with van der Waals surface area (Å²) in [5.74, 6) is -0.491. The van der Waals surface area contributed by atoms with Crippen molar-refractivity contribution in [3.63, 3.8) is 0 Å². The number of carbonyl (C=O) groups is 1. The van der Waals surface area contributed by atoms with Crippen LogP contribution in [0.3, 0.4) is 0 Å². The van der Waals surface area contributed by atoms with E-state index in [9.17, 15) is 9.18 Å². The maximum atomic E-state index is 13.5. The molecule has 0 fully saturated rings. The third kappa shape index (κ3) is 3.08. The van der Waals surface area contributed by atoms with E-state index in [-0.39, 0.29) is 11.7 Å². The van der Waals surface area contributed by atoms with E-state index in [1.54, 1.807) is 31.4 Å². The van der Waals surface area contributed by atoms with Crippen LogP contribution in [0.2, 0.25) is 0 Å². The number of halogens is 1. The Morgan fingerprint density at radius 3 is 2.58 bits per heavy atom. The van der Waals surface area contributed by atoms with Crippen LogP contribution in [0.1, 0.15) is 27.2 Å². The van der Waals surface area contributed by atoms with Gasteiger partial charge < -0.3 is 11.1 Å². The molecule has 100 valence electrons. The number of benzene rings is 1. The van der Waals surface area contributed by atoms with Crippen LogP contribution in [-0.4, -0.2) is 10.9 Å². The van der Waals surface area contributed by atoms with Crippen molar-refractivity contribution in [3.05, 3.63) is 45.7 Å². The van der Waals surface area contributed by atoms with Gasteiger partial charge in [-0.05, 0) is 30.5 Å². The lowest BCUT2D eigenvalue weighted by Crippen LogP contribution is -2.23. The standard InChI is InChI=1S/C13H14FN3OS/c1-7-3-9(4-8(2)11(7)14)5-16-12(18)10-6-19-13(15)17-10/h3-4,6H,5H2,1-2H3,(H2,15,17)(H,16,18). The van der Waals surface area contributed by atoms with Gasteiger partial charge in [0.05, 0.1) is 0 Å². The molecule has 6 heteroatoms. The monoisotopic (exact) mass is 279 g/mol. The Kier molecular flexibility index (Phi) is 3.80. The number of nitrogen functional groups attached to an aromatic ring is 1. The van der Waals surface area contributed by atoms with Crippen molar-refractivity contribution in [1.82, 2.24) is 10.3 Å². The summed E-state index contributed by atoms with van der Waals surface area (Å²) in [7, 11) is 0. The Bertz CT molecular complexity index is 601. The zero-order valence-corrected chi connectivity index (χ0v) is 11.5. The number of amides is 1. The van der Waals surface area contributed by atoms with Gasteiger partial charge in [-0.25, -0.2) is 9.37 Å². The Hall–Kier alpha value is -1.95. The number of thiazole rings is 1. The smallest absolute Gasteiger partial charge is 0.271 e. The molecule has 0 saturated heterocycles. The van der Waals surface area contributed by atoms with Crippen molar-refractivity contribution in [3.8, 4) is 0 Å². The fourth-order valence-corrected chi connectivity index (χ4v) is 2.35. The molecule has 1 heterocycles. The third-order valence-corrected chi connectivity index (χ3v) is 3.38. The van der Waals surface area contributed by atoms with E-state index in [1.165, 1.54) is 11.3 Å². The van der Waals surface area contributed by atoms with Crippen molar-refractivity contribution in [2.75, 3.05) is 5.73 Å². The molecule has 2 rings (SSSR count). The Morgan fingerprint density at radius 2 is 2.05 bits per heavy atom. The van der Waals surface area contributed by atoms with E-state index in [2.05, 4.69) is 10.3 Å². The van der Waals surface area contributed by atoms with Gasteiger partial charge in [-0.1, -0.05) is 12.1 Å². The minimum atomic E-state index is -0.285. The maximum Gasteiger partial charge on any atom is 0.271 e. The summed E-state index contributed by atoms with van der Waals surface area (Å²) in [4.78, 5) is 15.7. The number of rotatable bonds is 3. The first-order valence-electron chi connectivity index (χ1n) is 5.72. The lowest BCUT2D eigenvalue weighted by atomic mass is 10.1. The lowest BCUT2D eigenvalue weighted by molar-refractivity contribution is 0.0946. The molecule has 0 unspecified atom stereocenters. The van der Waals surface area contributed by atoms with Gasteiger partial charge >= 0.3 is 0 Å². The zero-order chi connectivity index (χ0) is 14.0. The Labute approximate surface area is 114 Å². The quantitative estimate of drug-likeness (QED) is 0.906. The van der Waals surface area contributed by atoms with Crippen LogP contribution >= 0.6 is 11.3 Å². The molecule has 0 atom stereocenters. The van der Waals surface area contributed by atoms with Gasteiger partial charge in [-0.3, -0.25) is 4.79 Å². The summed E-state index contributed by atoms with van der Waals surface area (Å²) in [6, 6.07) is 3.44. The van der Waals surface area contributed by atoms with Crippen LogP contribution in [-0.2, 0) is 6.54 Å². The van der Waals surface area contributed by atoms with Crippen LogP contribution in [0.25, 0.3) is 0 Å². The molecule has 1 aromatic heterocycles. The molecular formula is C13H14FN3OS. The minimum Gasteiger partial charge on any atom is -0.375 e. The molecule has 0 aliphatic rings. The third-order valence-electron chi connectivity index (χ3n) is 2.70. The topological polar surface area (TPSA) is 68.0 Å². The highest BCUT2D eigenvalue weighted by Crippen LogP contribution is 2.15. The second-order valence-electron chi connectivity index (χ2n) is 4.30. The molecule has 0 radical (unpaired) electrons. The first kappa shape index (κ1) is 13.5. The highest BCUT2D eigenvalue weighted by Gasteiger charge is 2.10. The molecule has 19 heavy (non-hydrogen) atoms. The van der Waals surface area contributed by atoms with E-state index in [0.717, 1.165) is 5.56 Å². The molecule has 0 aliphatic heterocycles. The van der Waals surface area contributed by atoms with Gasteiger partial charge in [0, 0.05) is 11.9 Å². The molecule has 1 amide bonds. The zero-order valence-electron chi connectivity index (χ0n) is 10.7. The number of aryl methyl sites for hydroxylation is 2. The van der Waals surface area contributed by atoms with Gasteiger partial charge in [-0.2, -0.15) is 0 Å². The van der Waals surface area contributed by atoms with Gasteiger partial charge in [0.2, 0.25) is 0 Å². The second-order valence-corrected chi connectivity index (χ2v) is 5.19. The normalized spacial score (nSPS) is 10.5. The molecule has 0 spiro atoms. The molecule has 0 saturated carbocycles. The number of hydrogen-bond acceptors (Lipinski definition) is 4. The van der Waals surface area contributed by atoms with Crippen molar-refractivity contribution >= 4 is 22.4 Å². The number of aromatic nitrogens is 1. The van der Waals surface area contributed by atoms with Crippen LogP contribution in [0.4, 0.5) is 9.52 Å². The number of nitrogens with two attached hydrogens (primary N) is 1. The lowest BCUT2D eigenvalue weighted by Gasteiger charge is -2.07. The summed E-state index contributed by atoms with van der Waals surface area (Å²) < 4.78 is 13.5. The van der Waals surface area contributed by atoms with Crippen molar-refractivity contribution < 1.29 is 9.18 Å². The van der Waals surface area contributed by atoms with Crippen molar-refractivity contribution in [1.29, 1.82) is 0 Å². The van der Waals surface area contributed by atoms with Crippen LogP contribution in [0.5, 0.6) is 0 Å². The predicted molar refractivity (Wildman–Crippen MR) is 73.6 cm³/mol. The summed E-state index contributed by atoms with van der Waals surface area (Å²) in [6.45, 7) is 3.74. The fraction of sp³-hybridized carbons (Fsp3) is 0.231. The van der Waals surface area contributed by atoms with Crippen LogP contribution in [0.15, 0.2) is 17.5 Å². The highest BCUT2D eigenvalue weighted by atomic mass is 32.1. The van der Waals surface area contributed by atoms with Crippen LogP contribution in [0, 0.1) is 19.7 Å². The van der Waals surface area contributed by atoms with Gasteiger partial charge in [0.1, 0.15) is 11.5 Å². The summed E-state index contributed by atoms with van der Waals surface area (Å²) in [5, 5.41) is 4.69. The number of hydrogen-bond donors (Lipinski definition) is 2. The summed E-state index contributed by atoms with van der Waals surface area (Å²) in [5.41, 5.74) is 7.77. The average molecular weight is 279 g/mol. The fourth-order valence-electron chi connectivity index (χ4n) is 1.80. The molecular weight excluding hydrogens is 265 g/mol.